The number of carbonyl (C=O) groups excluding carboxylic acids is 3. The summed E-state index contributed by atoms with van der Waals surface area (Å²) in [5.74, 6) is -0.759. The third-order valence-electron chi connectivity index (χ3n) is 9.37. The summed E-state index contributed by atoms with van der Waals surface area (Å²) in [6.45, 7) is 9.92. The largest absolute Gasteiger partial charge is 0.455 e. The van der Waals surface area contributed by atoms with Gasteiger partial charge in [0.1, 0.15) is 11.6 Å². The van der Waals surface area contributed by atoms with E-state index in [1.165, 1.54) is 6.08 Å². The number of hydrogen-bond donors (Lipinski definition) is 2. The van der Waals surface area contributed by atoms with Crippen molar-refractivity contribution in [1.82, 2.24) is 4.90 Å². The molecule has 3 aliphatic rings. The van der Waals surface area contributed by atoms with Crippen LogP contribution in [-0.2, 0) is 23.9 Å². The number of ketones is 1. The number of Topliss-reactive ketones (excluding diaryl/α,β-unsaturated/α-hetero) is 1. The predicted molar refractivity (Wildman–Crippen MR) is 158 cm³/mol. The van der Waals surface area contributed by atoms with Gasteiger partial charge in [0, 0.05) is 18.9 Å². The number of aliphatic hydroxyl groups excluding tert-OH is 2. The van der Waals surface area contributed by atoms with E-state index in [1.54, 1.807) is 17.9 Å². The quantitative estimate of drug-likeness (QED) is 0.451. The number of cyclic esters (lactones) is 1. The van der Waals surface area contributed by atoms with Crippen LogP contribution in [0.5, 0.6) is 0 Å². The number of amides is 1. The molecule has 0 aromatic heterocycles. The van der Waals surface area contributed by atoms with Crippen LogP contribution in [0.15, 0.2) is 23.8 Å². The Bertz CT molecular complexity index is 961. The van der Waals surface area contributed by atoms with Gasteiger partial charge in [-0.25, -0.2) is 4.79 Å². The smallest absolute Gasteiger partial charge is 0.329 e. The Balaban J connectivity index is 1.88. The number of allylic oxidation sites excluding steroid dienone is 3. The molecule has 3 heterocycles. The number of nitrogens with zero attached hydrogens (tertiary/aromatic N) is 1. The molecular weight excluding hydrogens is 522 g/mol. The van der Waals surface area contributed by atoms with E-state index in [2.05, 4.69) is 6.92 Å². The lowest BCUT2D eigenvalue weighted by Crippen LogP contribution is -2.53. The third kappa shape index (κ3) is 9.23. The highest BCUT2D eigenvalue weighted by atomic mass is 16.6. The maximum atomic E-state index is 13.7. The summed E-state index contributed by atoms with van der Waals surface area (Å²) >= 11 is 0. The van der Waals surface area contributed by atoms with Crippen molar-refractivity contribution in [2.24, 2.45) is 11.8 Å². The average Bonchev–Trinajstić information content (AvgIpc) is 3.43. The third-order valence-corrected chi connectivity index (χ3v) is 9.37. The molecule has 2 N–H and O–H groups in total. The van der Waals surface area contributed by atoms with Gasteiger partial charge in [0.15, 0.2) is 5.78 Å². The van der Waals surface area contributed by atoms with E-state index in [9.17, 15) is 24.6 Å². The van der Waals surface area contributed by atoms with Crippen LogP contribution in [0.25, 0.3) is 0 Å². The van der Waals surface area contributed by atoms with Gasteiger partial charge in [0.25, 0.3) is 0 Å². The molecule has 0 spiro atoms. The Kier molecular flexibility index (Phi) is 12.6. The van der Waals surface area contributed by atoms with Crippen LogP contribution in [0.3, 0.4) is 0 Å². The summed E-state index contributed by atoms with van der Waals surface area (Å²) in [7, 11) is 0. The lowest BCUT2D eigenvalue weighted by molar-refractivity contribution is -0.186. The Morgan fingerprint density at radius 2 is 1.80 bits per heavy atom. The van der Waals surface area contributed by atoms with Gasteiger partial charge in [-0.3, -0.25) is 9.59 Å². The fraction of sp³-hybridized carbons (Fsp3) is 0.788. The molecule has 0 aromatic rings. The van der Waals surface area contributed by atoms with Gasteiger partial charge in [-0.05, 0) is 102 Å². The Morgan fingerprint density at radius 3 is 2.54 bits per heavy atom. The zero-order valence-electron chi connectivity index (χ0n) is 25.8. The highest BCUT2D eigenvalue weighted by Gasteiger charge is 2.44. The van der Waals surface area contributed by atoms with Gasteiger partial charge in [-0.2, -0.15) is 0 Å². The molecule has 3 aliphatic heterocycles. The zero-order valence-corrected chi connectivity index (χ0v) is 25.8. The molecule has 8 atom stereocenters. The van der Waals surface area contributed by atoms with Crippen molar-refractivity contribution < 1.29 is 34.1 Å². The minimum atomic E-state index is -1.24. The van der Waals surface area contributed by atoms with Gasteiger partial charge < -0.3 is 24.6 Å². The summed E-state index contributed by atoms with van der Waals surface area (Å²) < 4.78 is 12.6. The number of ether oxygens (including phenoxy) is 2. The van der Waals surface area contributed by atoms with Gasteiger partial charge in [-0.1, -0.05) is 32.9 Å². The van der Waals surface area contributed by atoms with E-state index in [0.717, 1.165) is 44.1 Å². The second-order valence-corrected chi connectivity index (χ2v) is 12.9. The lowest BCUT2D eigenvalue weighted by atomic mass is 9.82. The van der Waals surface area contributed by atoms with E-state index in [-0.39, 0.29) is 42.2 Å². The van der Waals surface area contributed by atoms with E-state index >= 15 is 0 Å². The van der Waals surface area contributed by atoms with E-state index in [4.69, 9.17) is 9.47 Å². The van der Waals surface area contributed by atoms with Gasteiger partial charge in [0.2, 0.25) is 5.91 Å². The maximum absolute atomic E-state index is 13.7. The molecule has 0 aromatic carbocycles. The molecule has 41 heavy (non-hydrogen) atoms. The Hall–Kier alpha value is -2.03. The lowest BCUT2D eigenvalue weighted by Gasteiger charge is -2.41. The molecule has 3 rings (SSSR count). The fourth-order valence-corrected chi connectivity index (χ4v) is 6.53. The predicted octanol–water partition coefficient (Wildman–Crippen LogP) is 5.05. The zero-order chi connectivity index (χ0) is 30.2. The van der Waals surface area contributed by atoms with Gasteiger partial charge >= 0.3 is 5.97 Å². The van der Waals surface area contributed by atoms with Crippen LogP contribution in [0.2, 0.25) is 0 Å². The summed E-state index contributed by atoms with van der Waals surface area (Å²) in [4.78, 5) is 41.3. The van der Waals surface area contributed by atoms with Crippen LogP contribution in [0, 0.1) is 11.8 Å². The minimum Gasteiger partial charge on any atom is -0.455 e. The number of fused-ring (bicyclic) bond motifs is 3. The molecule has 2 fully saturated rings. The first-order valence-corrected chi connectivity index (χ1v) is 15.9. The van der Waals surface area contributed by atoms with Crippen LogP contribution in [0.4, 0.5) is 0 Å². The molecule has 0 saturated carbocycles. The van der Waals surface area contributed by atoms with Gasteiger partial charge in [0.05, 0.1) is 24.4 Å². The molecule has 8 nitrogen and oxygen atoms in total. The molecule has 8 heteroatoms. The fourth-order valence-electron chi connectivity index (χ4n) is 6.53. The SMILES string of the molecule is CC[C@@H](O)C[C@@H](O)[C@@]1(C)C[C@@H](C)[C@@H]2CC[C@H](CC/C=C(/C)C(=O)[C@@H](C)CC/C=C\C(=O)N3CCCC[C@H]3C(=O)O1)O2. The van der Waals surface area contributed by atoms with Crippen LogP contribution in [-0.4, -0.2) is 75.4 Å². The van der Waals surface area contributed by atoms with Crippen LogP contribution >= 0.6 is 0 Å². The molecule has 0 unspecified atom stereocenters. The van der Waals surface area contributed by atoms with Crippen molar-refractivity contribution in [3.8, 4) is 0 Å². The van der Waals surface area contributed by atoms with E-state index in [1.807, 2.05) is 26.8 Å². The van der Waals surface area contributed by atoms with Crippen molar-refractivity contribution in [3.63, 3.8) is 0 Å². The Morgan fingerprint density at radius 1 is 1.05 bits per heavy atom. The monoisotopic (exact) mass is 575 g/mol. The molecular formula is C33H53NO7. The maximum Gasteiger partial charge on any atom is 0.329 e. The number of aliphatic hydroxyl groups is 2. The van der Waals surface area contributed by atoms with Crippen molar-refractivity contribution in [1.29, 1.82) is 0 Å². The molecule has 2 bridgehead atoms. The van der Waals surface area contributed by atoms with Crippen LogP contribution in [0.1, 0.15) is 112 Å². The molecule has 0 radical (unpaired) electrons. The number of esters is 1. The summed E-state index contributed by atoms with van der Waals surface area (Å²) in [5, 5.41) is 21.6. The second kappa shape index (κ2) is 15.4. The number of piperidine rings is 1. The topological polar surface area (TPSA) is 113 Å². The number of carbonyl (C=O) groups is 3. The van der Waals surface area contributed by atoms with E-state index < -0.39 is 29.8 Å². The van der Waals surface area contributed by atoms with E-state index in [0.29, 0.717) is 38.6 Å². The minimum absolute atomic E-state index is 0.00735. The van der Waals surface area contributed by atoms with Crippen LogP contribution < -0.4 is 0 Å². The molecule has 232 valence electrons. The number of rotatable bonds is 4. The molecule has 2 saturated heterocycles. The van der Waals surface area contributed by atoms with Crippen molar-refractivity contribution in [2.45, 2.75) is 148 Å². The highest BCUT2D eigenvalue weighted by Crippen LogP contribution is 2.36. The first-order chi connectivity index (χ1) is 19.4. The first kappa shape index (κ1) is 33.5. The standard InChI is InChI=1S/C33H53NO7/c1-6-25(35)20-29(36)33(5)21-24(4)28-18-17-26(40-28)14-11-13-23(3)31(38)22(2)12-7-8-16-30(37)34-19-10-9-15-27(34)32(39)41-33/h8,13,16,22,24-29,35-36H,6-7,9-12,14-15,17-21H2,1-5H3/b16-8-,23-13-/t22-,24+,25+,26-,27-,28-,29+,33+/m0/s1. The molecule has 0 aliphatic carbocycles. The summed E-state index contributed by atoms with van der Waals surface area (Å²) in [5.41, 5.74) is -0.470. The molecule has 1 amide bonds. The summed E-state index contributed by atoms with van der Waals surface area (Å²) in [6, 6.07) is -0.728. The van der Waals surface area contributed by atoms with Crippen molar-refractivity contribution >= 4 is 17.7 Å². The second-order valence-electron chi connectivity index (χ2n) is 12.9. The normalized spacial score (nSPS) is 36.8. The highest BCUT2D eigenvalue weighted by molar-refractivity contribution is 5.96. The first-order valence-electron chi connectivity index (χ1n) is 15.9. The summed E-state index contributed by atoms with van der Waals surface area (Å²) in [6.07, 6.45) is 11.3. The van der Waals surface area contributed by atoms with Crippen molar-refractivity contribution in [3.05, 3.63) is 23.8 Å². The Labute approximate surface area is 246 Å². The van der Waals surface area contributed by atoms with Gasteiger partial charge in [-0.15, -0.1) is 0 Å². The average molecular weight is 576 g/mol. The number of hydrogen-bond acceptors (Lipinski definition) is 7. The van der Waals surface area contributed by atoms with Crippen molar-refractivity contribution in [2.75, 3.05) is 6.54 Å².